The van der Waals surface area contributed by atoms with Crippen molar-refractivity contribution in [2.45, 2.75) is 65.2 Å². The number of carbonyl (C=O) groups excluding carboxylic acids is 2. The molecule has 1 amide bonds. The first-order valence-corrected chi connectivity index (χ1v) is 14.5. The molecule has 0 aliphatic heterocycles. The zero-order valence-electron chi connectivity index (χ0n) is 22.1. The zero-order valence-corrected chi connectivity index (χ0v) is 23.0. The Morgan fingerprint density at radius 1 is 0.974 bits per heavy atom. The van der Waals surface area contributed by atoms with Gasteiger partial charge in [-0.1, -0.05) is 69.2 Å². The fourth-order valence-corrected chi connectivity index (χ4v) is 6.40. The maximum Gasteiger partial charge on any atom is 0.341 e. The van der Waals surface area contributed by atoms with Gasteiger partial charge in [0, 0.05) is 15.8 Å². The van der Waals surface area contributed by atoms with Gasteiger partial charge in [0.25, 0.3) is 5.91 Å². The number of hydrogen-bond acceptors (Lipinski definition) is 5. The van der Waals surface area contributed by atoms with Gasteiger partial charge in [-0.2, -0.15) is 0 Å². The van der Waals surface area contributed by atoms with Gasteiger partial charge in [0.05, 0.1) is 28.9 Å². The summed E-state index contributed by atoms with van der Waals surface area (Å²) in [5.41, 5.74) is 5.90. The molecule has 0 saturated heterocycles. The fraction of sp³-hybridized carbons (Fsp3) is 0.344. The van der Waals surface area contributed by atoms with Gasteiger partial charge >= 0.3 is 5.97 Å². The van der Waals surface area contributed by atoms with Gasteiger partial charge in [-0.25, -0.2) is 9.78 Å². The van der Waals surface area contributed by atoms with Crippen LogP contribution in [0.4, 0.5) is 5.00 Å². The average molecular weight is 527 g/mol. The number of hydrogen-bond donors (Lipinski definition) is 1. The van der Waals surface area contributed by atoms with E-state index in [1.165, 1.54) is 21.8 Å². The molecule has 2 heterocycles. The lowest BCUT2D eigenvalue weighted by atomic mass is 10.0. The van der Waals surface area contributed by atoms with E-state index in [0.29, 0.717) is 22.7 Å². The molecule has 1 aliphatic rings. The van der Waals surface area contributed by atoms with Gasteiger partial charge in [0.15, 0.2) is 0 Å². The van der Waals surface area contributed by atoms with E-state index in [-0.39, 0.29) is 11.9 Å². The molecule has 5 nitrogen and oxygen atoms in total. The molecule has 0 bridgehead atoms. The van der Waals surface area contributed by atoms with Gasteiger partial charge in [0.1, 0.15) is 5.00 Å². The molecule has 0 saturated carbocycles. The van der Waals surface area contributed by atoms with Crippen LogP contribution in [0.15, 0.2) is 54.6 Å². The Labute approximate surface area is 228 Å². The highest BCUT2D eigenvalue weighted by Gasteiger charge is 2.27. The van der Waals surface area contributed by atoms with Crippen molar-refractivity contribution in [2.75, 3.05) is 11.9 Å². The SMILES string of the molecule is CCCOC(=O)c1c(NC(=O)c2cc(-c3ccc(CCC)cc3)nc3ccccc23)sc2c1CCCCC2. The van der Waals surface area contributed by atoms with Crippen LogP contribution in [0, 0.1) is 0 Å². The smallest absolute Gasteiger partial charge is 0.341 e. The Hall–Kier alpha value is -3.51. The second-order valence-corrected chi connectivity index (χ2v) is 11.0. The molecule has 2 aromatic carbocycles. The number of fused-ring (bicyclic) bond motifs is 2. The first-order chi connectivity index (χ1) is 18.6. The molecule has 38 heavy (non-hydrogen) atoms. The third-order valence-electron chi connectivity index (χ3n) is 7.04. The Morgan fingerprint density at radius 2 is 1.76 bits per heavy atom. The first-order valence-electron chi connectivity index (χ1n) is 13.7. The van der Waals surface area contributed by atoms with Crippen LogP contribution >= 0.6 is 11.3 Å². The topological polar surface area (TPSA) is 68.3 Å². The summed E-state index contributed by atoms with van der Waals surface area (Å²) in [6.07, 6.45) is 7.95. The Morgan fingerprint density at radius 3 is 2.55 bits per heavy atom. The van der Waals surface area contributed by atoms with E-state index >= 15 is 0 Å². The largest absolute Gasteiger partial charge is 0.462 e. The van der Waals surface area contributed by atoms with E-state index in [0.717, 1.165) is 79.1 Å². The van der Waals surface area contributed by atoms with E-state index < -0.39 is 0 Å². The number of nitrogens with zero attached hydrogens (tertiary/aromatic N) is 1. The molecule has 0 radical (unpaired) electrons. The molecule has 0 spiro atoms. The minimum atomic E-state index is -0.339. The number of amides is 1. The van der Waals surface area contributed by atoms with Crippen LogP contribution in [-0.2, 0) is 24.0 Å². The number of nitrogens with one attached hydrogen (secondary N) is 1. The van der Waals surface area contributed by atoms with Crippen LogP contribution in [-0.4, -0.2) is 23.5 Å². The number of ether oxygens (including phenoxy) is 1. The molecule has 4 aromatic rings. The molecule has 5 rings (SSSR count). The number of benzene rings is 2. The monoisotopic (exact) mass is 526 g/mol. The molecule has 1 aliphatic carbocycles. The zero-order chi connectivity index (χ0) is 26.5. The van der Waals surface area contributed by atoms with Gasteiger partial charge < -0.3 is 10.1 Å². The summed E-state index contributed by atoms with van der Waals surface area (Å²) < 4.78 is 5.55. The molecule has 1 N–H and O–H groups in total. The summed E-state index contributed by atoms with van der Waals surface area (Å²) in [5, 5.41) is 4.48. The fourth-order valence-electron chi connectivity index (χ4n) is 5.13. The van der Waals surface area contributed by atoms with Crippen molar-refractivity contribution in [3.8, 4) is 11.3 Å². The second kappa shape index (κ2) is 11.9. The molecule has 0 fully saturated rings. The number of rotatable bonds is 8. The van der Waals surface area contributed by atoms with E-state index in [1.54, 1.807) is 0 Å². The second-order valence-electron chi connectivity index (χ2n) is 9.88. The highest BCUT2D eigenvalue weighted by Crippen LogP contribution is 2.38. The van der Waals surface area contributed by atoms with Crippen LogP contribution in [0.3, 0.4) is 0 Å². The molecule has 196 valence electrons. The molecule has 0 unspecified atom stereocenters. The Balaban J connectivity index is 1.53. The van der Waals surface area contributed by atoms with Gasteiger partial charge in [-0.05, 0) is 61.8 Å². The van der Waals surface area contributed by atoms with Crippen LogP contribution in [0.2, 0.25) is 0 Å². The number of aromatic nitrogens is 1. The van der Waals surface area contributed by atoms with Crippen molar-refractivity contribution in [3.63, 3.8) is 0 Å². The van der Waals surface area contributed by atoms with Crippen LogP contribution in [0.25, 0.3) is 22.2 Å². The molecular formula is C32H34N2O3S. The first kappa shape index (κ1) is 26.1. The van der Waals surface area contributed by atoms with Gasteiger partial charge in [-0.15, -0.1) is 11.3 Å². The van der Waals surface area contributed by atoms with E-state index in [2.05, 4.69) is 36.5 Å². The molecule has 0 atom stereocenters. The summed E-state index contributed by atoms with van der Waals surface area (Å²) >= 11 is 1.52. The summed E-state index contributed by atoms with van der Waals surface area (Å²) in [6.45, 7) is 4.52. The minimum Gasteiger partial charge on any atom is -0.462 e. The van der Waals surface area contributed by atoms with Gasteiger partial charge in [-0.3, -0.25) is 4.79 Å². The van der Waals surface area contributed by atoms with Crippen molar-refractivity contribution < 1.29 is 14.3 Å². The lowest BCUT2D eigenvalue weighted by Crippen LogP contribution is -2.16. The normalized spacial score (nSPS) is 13.1. The van der Waals surface area contributed by atoms with E-state index in [4.69, 9.17) is 9.72 Å². The number of esters is 1. The third-order valence-corrected chi connectivity index (χ3v) is 8.25. The number of para-hydroxylation sites is 1. The number of thiophene rings is 1. The highest BCUT2D eigenvalue weighted by atomic mass is 32.1. The number of pyridine rings is 1. The average Bonchev–Trinajstić information content (AvgIpc) is 3.11. The maximum atomic E-state index is 13.8. The number of aryl methyl sites for hydroxylation is 2. The standard InChI is InChI=1S/C32H34N2O3S/c1-3-10-21-15-17-22(18-16-21)27-20-25(23-11-8-9-13-26(23)33-27)30(35)34-31-29(32(36)37-19-4-2)24-12-6-5-7-14-28(24)38-31/h8-9,11,13,15-18,20H,3-7,10,12,14,19H2,1-2H3,(H,34,35). The van der Waals surface area contributed by atoms with Crippen molar-refractivity contribution >= 4 is 39.1 Å². The summed E-state index contributed by atoms with van der Waals surface area (Å²) in [6, 6.07) is 18.0. The third kappa shape index (κ3) is 5.51. The van der Waals surface area contributed by atoms with Crippen molar-refractivity contribution in [3.05, 3.63) is 81.7 Å². The Bertz CT molecular complexity index is 1460. The van der Waals surface area contributed by atoms with Crippen molar-refractivity contribution in [1.29, 1.82) is 0 Å². The predicted octanol–water partition coefficient (Wildman–Crippen LogP) is 8.00. The van der Waals surface area contributed by atoms with Crippen LogP contribution < -0.4 is 5.32 Å². The number of anilines is 1. The van der Waals surface area contributed by atoms with Crippen molar-refractivity contribution in [1.82, 2.24) is 4.98 Å². The van der Waals surface area contributed by atoms with Crippen LogP contribution in [0.5, 0.6) is 0 Å². The van der Waals surface area contributed by atoms with Crippen LogP contribution in [0.1, 0.15) is 82.7 Å². The maximum absolute atomic E-state index is 13.8. The Kier molecular flexibility index (Phi) is 8.18. The summed E-state index contributed by atoms with van der Waals surface area (Å²) in [4.78, 5) is 33.0. The lowest BCUT2D eigenvalue weighted by molar-refractivity contribution is 0.0505. The van der Waals surface area contributed by atoms with E-state index in [9.17, 15) is 9.59 Å². The molecule has 6 heteroatoms. The molecular weight excluding hydrogens is 492 g/mol. The van der Waals surface area contributed by atoms with Gasteiger partial charge in [0.2, 0.25) is 0 Å². The quantitative estimate of drug-likeness (QED) is 0.187. The number of carbonyl (C=O) groups is 2. The molecule has 2 aromatic heterocycles. The highest BCUT2D eigenvalue weighted by molar-refractivity contribution is 7.17. The van der Waals surface area contributed by atoms with E-state index in [1.807, 2.05) is 37.3 Å². The lowest BCUT2D eigenvalue weighted by Gasteiger charge is -2.12. The van der Waals surface area contributed by atoms with Crippen molar-refractivity contribution in [2.24, 2.45) is 0 Å². The summed E-state index contributed by atoms with van der Waals surface area (Å²) in [7, 11) is 0. The predicted molar refractivity (Wildman–Crippen MR) is 155 cm³/mol. The minimum absolute atomic E-state index is 0.242. The summed E-state index contributed by atoms with van der Waals surface area (Å²) in [5.74, 6) is -0.581.